The van der Waals surface area contributed by atoms with Gasteiger partial charge in [-0.1, -0.05) is 56.3 Å². The smallest absolute Gasteiger partial charge is 0.317 e. The lowest BCUT2D eigenvalue weighted by Crippen LogP contribution is -2.44. The minimum absolute atomic E-state index is 0.138. The Labute approximate surface area is 196 Å². The van der Waals surface area contributed by atoms with Crippen LogP contribution in [-0.4, -0.2) is 53.5 Å². The van der Waals surface area contributed by atoms with Gasteiger partial charge in [0, 0.05) is 25.2 Å². The number of H-pyrrole nitrogens is 1. The second-order valence-electron chi connectivity index (χ2n) is 8.51. The van der Waals surface area contributed by atoms with E-state index in [0.29, 0.717) is 18.7 Å². The van der Waals surface area contributed by atoms with E-state index < -0.39 is 0 Å². The van der Waals surface area contributed by atoms with Crippen LogP contribution in [0.15, 0.2) is 53.3 Å². The Morgan fingerprint density at radius 3 is 2.42 bits per heavy atom. The van der Waals surface area contributed by atoms with Crippen LogP contribution in [0.3, 0.4) is 0 Å². The molecule has 1 aromatic heterocycles. The maximum absolute atomic E-state index is 13.1. The number of nitrogens with zero attached hydrogens (tertiary/aromatic N) is 2. The lowest BCUT2D eigenvalue weighted by Gasteiger charge is -2.27. The number of aromatic amines is 1. The Hall–Kier alpha value is -3.12. The Morgan fingerprint density at radius 2 is 1.73 bits per heavy atom. The summed E-state index contributed by atoms with van der Waals surface area (Å²) in [6.07, 6.45) is 0.769. The Balaban J connectivity index is 1.76. The zero-order valence-corrected chi connectivity index (χ0v) is 20.3. The molecule has 176 valence electrons. The molecule has 6 heteroatoms. The molecule has 0 atom stereocenters. The summed E-state index contributed by atoms with van der Waals surface area (Å²) in [7, 11) is 0. The van der Waals surface area contributed by atoms with Crippen LogP contribution in [0.4, 0.5) is 4.79 Å². The van der Waals surface area contributed by atoms with Crippen molar-refractivity contribution in [1.82, 2.24) is 20.1 Å². The summed E-state index contributed by atoms with van der Waals surface area (Å²) in [4.78, 5) is 33.0. The van der Waals surface area contributed by atoms with Crippen LogP contribution >= 0.6 is 0 Å². The quantitative estimate of drug-likeness (QED) is 0.487. The molecule has 0 saturated heterocycles. The summed E-state index contributed by atoms with van der Waals surface area (Å²) in [5, 5.41) is 4.03. The van der Waals surface area contributed by atoms with E-state index in [1.807, 2.05) is 44.2 Å². The van der Waals surface area contributed by atoms with Gasteiger partial charge in [0.2, 0.25) is 0 Å². The van der Waals surface area contributed by atoms with E-state index in [9.17, 15) is 9.59 Å². The number of aromatic nitrogens is 1. The molecule has 2 aromatic carbocycles. The number of urea groups is 1. The first-order chi connectivity index (χ1) is 15.9. The summed E-state index contributed by atoms with van der Waals surface area (Å²) in [6, 6.07) is 16.0. The fourth-order valence-electron chi connectivity index (χ4n) is 4.02. The van der Waals surface area contributed by atoms with Gasteiger partial charge in [-0.25, -0.2) is 4.79 Å². The molecule has 3 rings (SSSR count). The largest absolute Gasteiger partial charge is 0.338 e. The number of aryl methyl sites for hydroxylation is 2. The molecule has 0 saturated carbocycles. The van der Waals surface area contributed by atoms with Crippen molar-refractivity contribution >= 4 is 16.9 Å². The van der Waals surface area contributed by atoms with Crippen LogP contribution in [0.25, 0.3) is 10.9 Å². The Kier molecular flexibility index (Phi) is 8.66. The maximum Gasteiger partial charge on any atom is 0.317 e. The molecule has 3 aromatic rings. The zero-order chi connectivity index (χ0) is 23.8. The van der Waals surface area contributed by atoms with E-state index in [1.54, 1.807) is 4.90 Å². The first-order valence-corrected chi connectivity index (χ1v) is 11.8. The van der Waals surface area contributed by atoms with Crippen LogP contribution < -0.4 is 10.9 Å². The summed E-state index contributed by atoms with van der Waals surface area (Å²) in [6.45, 7) is 12.3. The van der Waals surface area contributed by atoms with Gasteiger partial charge >= 0.3 is 6.03 Å². The van der Waals surface area contributed by atoms with Crippen LogP contribution in [0.2, 0.25) is 0 Å². The van der Waals surface area contributed by atoms with E-state index >= 15 is 0 Å². The summed E-state index contributed by atoms with van der Waals surface area (Å²) in [5.41, 5.74) is 4.73. The highest BCUT2D eigenvalue weighted by atomic mass is 16.2. The molecule has 0 radical (unpaired) electrons. The van der Waals surface area contributed by atoms with E-state index in [1.165, 1.54) is 5.56 Å². The molecule has 6 nitrogen and oxygen atoms in total. The second kappa shape index (κ2) is 11.7. The molecule has 0 unspecified atom stereocenters. The minimum Gasteiger partial charge on any atom is -0.338 e. The number of rotatable bonds is 10. The minimum atomic E-state index is -0.141. The summed E-state index contributed by atoms with van der Waals surface area (Å²) < 4.78 is 0. The molecule has 0 bridgehead atoms. The predicted octanol–water partition coefficient (Wildman–Crippen LogP) is 4.24. The zero-order valence-electron chi connectivity index (χ0n) is 20.3. The highest BCUT2D eigenvalue weighted by Crippen LogP contribution is 2.19. The number of carbonyl (C=O) groups excluding carboxylic acids is 1. The third kappa shape index (κ3) is 6.45. The number of carbonyl (C=O) groups is 1. The van der Waals surface area contributed by atoms with Crippen LogP contribution in [0.5, 0.6) is 0 Å². The van der Waals surface area contributed by atoms with Gasteiger partial charge in [-0.2, -0.15) is 0 Å². The molecule has 1 heterocycles. The number of pyridine rings is 1. The van der Waals surface area contributed by atoms with Gasteiger partial charge in [-0.3, -0.25) is 4.79 Å². The second-order valence-corrected chi connectivity index (χ2v) is 8.51. The Bertz CT molecular complexity index is 1120. The third-order valence-electron chi connectivity index (χ3n) is 6.39. The van der Waals surface area contributed by atoms with Crippen LogP contribution in [0, 0.1) is 13.8 Å². The maximum atomic E-state index is 13.1. The molecule has 2 amide bonds. The molecule has 0 spiro atoms. The SMILES string of the molecule is CCN(CC)CCN(Cc1cc2ccc(C)c(C)c2[nH]c1=O)C(=O)NCCc1ccccc1. The van der Waals surface area contributed by atoms with Gasteiger partial charge in [-0.15, -0.1) is 0 Å². The average Bonchev–Trinajstić information content (AvgIpc) is 2.82. The molecular weight excluding hydrogens is 412 g/mol. The summed E-state index contributed by atoms with van der Waals surface area (Å²) >= 11 is 0. The van der Waals surface area contributed by atoms with Gasteiger partial charge in [-0.05, 0) is 61.5 Å². The van der Waals surface area contributed by atoms with Crippen LogP contribution in [0.1, 0.15) is 36.1 Å². The number of hydrogen-bond donors (Lipinski definition) is 2. The van der Waals surface area contributed by atoms with E-state index in [0.717, 1.165) is 48.1 Å². The molecule has 0 aliphatic heterocycles. The predicted molar refractivity (Wildman–Crippen MR) is 136 cm³/mol. The number of amides is 2. The van der Waals surface area contributed by atoms with Gasteiger partial charge in [0.25, 0.3) is 5.56 Å². The highest BCUT2D eigenvalue weighted by molar-refractivity contribution is 5.83. The van der Waals surface area contributed by atoms with E-state index in [2.05, 4.69) is 47.2 Å². The topological polar surface area (TPSA) is 68.4 Å². The van der Waals surface area contributed by atoms with Crippen molar-refractivity contribution in [1.29, 1.82) is 0 Å². The molecule has 0 aliphatic carbocycles. The normalized spacial score (nSPS) is 11.2. The lowest BCUT2D eigenvalue weighted by atomic mass is 10.0. The number of fused-ring (bicyclic) bond motifs is 1. The van der Waals surface area contributed by atoms with Crippen molar-refractivity contribution in [3.8, 4) is 0 Å². The average molecular weight is 449 g/mol. The van der Waals surface area contributed by atoms with Crippen LogP contribution in [-0.2, 0) is 13.0 Å². The number of benzene rings is 2. The van der Waals surface area contributed by atoms with Crippen molar-refractivity contribution in [3.63, 3.8) is 0 Å². The van der Waals surface area contributed by atoms with Crippen molar-refractivity contribution in [3.05, 3.63) is 81.1 Å². The molecule has 33 heavy (non-hydrogen) atoms. The molecule has 2 N–H and O–H groups in total. The number of hydrogen-bond acceptors (Lipinski definition) is 3. The fraction of sp³-hybridized carbons (Fsp3) is 0.407. The number of nitrogens with one attached hydrogen (secondary N) is 2. The van der Waals surface area contributed by atoms with E-state index in [-0.39, 0.29) is 18.1 Å². The van der Waals surface area contributed by atoms with Gasteiger partial charge in [0.05, 0.1) is 12.1 Å². The monoisotopic (exact) mass is 448 g/mol. The van der Waals surface area contributed by atoms with Gasteiger partial charge < -0.3 is 20.1 Å². The molecule has 0 fully saturated rings. The van der Waals surface area contributed by atoms with Gasteiger partial charge in [0.1, 0.15) is 0 Å². The molecule has 0 aliphatic rings. The number of likely N-dealkylation sites (N-methyl/N-ethyl adjacent to an activating group) is 1. The third-order valence-corrected chi connectivity index (χ3v) is 6.39. The molecular formula is C27H36N4O2. The van der Waals surface area contributed by atoms with Gasteiger partial charge in [0.15, 0.2) is 0 Å². The highest BCUT2D eigenvalue weighted by Gasteiger charge is 2.17. The summed E-state index contributed by atoms with van der Waals surface area (Å²) in [5.74, 6) is 0. The van der Waals surface area contributed by atoms with Crippen molar-refractivity contribution in [2.24, 2.45) is 0 Å². The standard InChI is InChI=1S/C27H36N4O2/c1-5-30(6-2)16-17-31(27(33)28-15-14-22-10-8-7-9-11-22)19-24-18-23-13-12-20(3)21(4)25(23)29-26(24)32/h7-13,18H,5-6,14-17,19H2,1-4H3,(H,28,33)(H,29,32). The Morgan fingerprint density at radius 1 is 1.00 bits per heavy atom. The van der Waals surface area contributed by atoms with Crippen molar-refractivity contribution in [2.45, 2.75) is 40.7 Å². The first-order valence-electron chi connectivity index (χ1n) is 11.8. The van der Waals surface area contributed by atoms with Crippen molar-refractivity contribution in [2.75, 3.05) is 32.7 Å². The lowest BCUT2D eigenvalue weighted by molar-refractivity contribution is 0.182. The van der Waals surface area contributed by atoms with Crippen molar-refractivity contribution < 1.29 is 4.79 Å². The fourth-order valence-corrected chi connectivity index (χ4v) is 4.02. The first kappa shape index (κ1) is 24.5. The van der Waals surface area contributed by atoms with E-state index in [4.69, 9.17) is 0 Å².